The van der Waals surface area contributed by atoms with E-state index >= 15 is 0 Å². The highest BCUT2D eigenvalue weighted by Gasteiger charge is 2.29. The number of piperazine rings is 1. The standard InChI is InChI=1S/C25H24ClF3N4O2S.2ClH/c26-18-4-1-6-20(16-18)33-12-10-32(11-13-33)14-15-35-24(34)22-8-3-9-30-23(22)31-19-5-2-7-21(17-19)36-25(27,28)29;;/h1-9,16-17H,10-15H2,(H,30,31);2*1H. The number of rotatable bonds is 8. The summed E-state index contributed by atoms with van der Waals surface area (Å²) in [5, 5.41) is 3.63. The number of aromatic nitrogens is 1. The molecule has 0 atom stereocenters. The second-order valence-corrected chi connectivity index (χ2v) is 9.62. The number of halogens is 6. The van der Waals surface area contributed by atoms with E-state index < -0.39 is 11.5 Å². The molecule has 0 amide bonds. The van der Waals surface area contributed by atoms with Crippen molar-refractivity contribution in [2.24, 2.45) is 0 Å². The summed E-state index contributed by atoms with van der Waals surface area (Å²) in [5.74, 6) is -0.337. The summed E-state index contributed by atoms with van der Waals surface area (Å²) in [4.78, 5) is 21.4. The van der Waals surface area contributed by atoms with Gasteiger partial charge in [0.1, 0.15) is 18.0 Å². The second kappa shape index (κ2) is 14.7. The van der Waals surface area contributed by atoms with Crippen LogP contribution in [0.15, 0.2) is 71.8 Å². The first-order chi connectivity index (χ1) is 17.3. The van der Waals surface area contributed by atoms with Gasteiger partial charge in [-0.2, -0.15) is 13.2 Å². The minimum absolute atomic E-state index is 0. The number of nitrogens with one attached hydrogen (secondary N) is 1. The van der Waals surface area contributed by atoms with Gasteiger partial charge in [-0.3, -0.25) is 4.90 Å². The summed E-state index contributed by atoms with van der Waals surface area (Å²) in [6.45, 7) is 4.15. The maximum atomic E-state index is 12.7. The summed E-state index contributed by atoms with van der Waals surface area (Å²) in [7, 11) is 0. The third-order valence-corrected chi connectivity index (χ3v) is 6.50. The van der Waals surface area contributed by atoms with Gasteiger partial charge in [0.15, 0.2) is 0 Å². The van der Waals surface area contributed by atoms with Crippen molar-refractivity contribution in [3.63, 3.8) is 0 Å². The lowest BCUT2D eigenvalue weighted by Gasteiger charge is -2.36. The Balaban J connectivity index is 0.00000253. The lowest BCUT2D eigenvalue weighted by atomic mass is 10.2. The summed E-state index contributed by atoms with van der Waals surface area (Å²) in [6.07, 6.45) is 1.49. The van der Waals surface area contributed by atoms with Gasteiger partial charge in [0, 0.05) is 60.2 Å². The molecule has 1 aromatic heterocycles. The highest BCUT2D eigenvalue weighted by atomic mass is 35.5. The molecule has 0 aliphatic carbocycles. The number of alkyl halides is 3. The fourth-order valence-corrected chi connectivity index (χ4v) is 4.61. The van der Waals surface area contributed by atoms with Crippen molar-refractivity contribution in [3.05, 3.63) is 77.4 Å². The molecule has 0 unspecified atom stereocenters. The number of ether oxygens (including phenoxy) is 1. The first-order valence-corrected chi connectivity index (χ1v) is 12.4. The quantitative estimate of drug-likeness (QED) is 0.220. The monoisotopic (exact) mass is 608 g/mol. The van der Waals surface area contributed by atoms with Gasteiger partial charge in [-0.15, -0.1) is 24.8 Å². The van der Waals surface area contributed by atoms with E-state index in [1.807, 2.05) is 24.3 Å². The summed E-state index contributed by atoms with van der Waals surface area (Å²) < 4.78 is 43.6. The van der Waals surface area contributed by atoms with Gasteiger partial charge < -0.3 is 15.0 Å². The molecule has 0 radical (unpaired) electrons. The number of anilines is 3. The van der Waals surface area contributed by atoms with Gasteiger partial charge >= 0.3 is 11.5 Å². The zero-order valence-corrected chi connectivity index (χ0v) is 23.2. The zero-order valence-electron chi connectivity index (χ0n) is 20.0. The number of hydrogen-bond acceptors (Lipinski definition) is 7. The van der Waals surface area contributed by atoms with Gasteiger partial charge in [0.05, 0.1) is 0 Å². The first-order valence-electron chi connectivity index (χ1n) is 11.2. The highest BCUT2D eigenvalue weighted by Crippen LogP contribution is 2.38. The van der Waals surface area contributed by atoms with Gasteiger partial charge in [0.2, 0.25) is 0 Å². The number of esters is 1. The summed E-state index contributed by atoms with van der Waals surface area (Å²) in [5.41, 5.74) is -2.71. The molecule has 1 N–H and O–H groups in total. The Hall–Kier alpha value is -2.37. The van der Waals surface area contributed by atoms with E-state index in [-0.39, 0.29) is 59.5 Å². The molecule has 0 bridgehead atoms. The second-order valence-electron chi connectivity index (χ2n) is 8.04. The zero-order chi connectivity index (χ0) is 25.5. The van der Waals surface area contributed by atoms with E-state index in [0.29, 0.717) is 17.3 Å². The van der Waals surface area contributed by atoms with E-state index in [9.17, 15) is 18.0 Å². The van der Waals surface area contributed by atoms with Gasteiger partial charge in [-0.25, -0.2) is 9.78 Å². The Morgan fingerprint density at radius 3 is 2.47 bits per heavy atom. The molecule has 0 spiro atoms. The van der Waals surface area contributed by atoms with E-state index in [1.165, 1.54) is 24.4 Å². The van der Waals surface area contributed by atoms with Crippen molar-refractivity contribution in [1.29, 1.82) is 0 Å². The lowest BCUT2D eigenvalue weighted by Crippen LogP contribution is -2.47. The van der Waals surface area contributed by atoms with Crippen LogP contribution in [0.3, 0.4) is 0 Å². The first kappa shape index (κ1) is 31.8. The molecular formula is C25H26Cl3F3N4O2S. The third kappa shape index (κ3) is 9.43. The molecule has 0 saturated carbocycles. The number of thioether (sulfide) groups is 1. The van der Waals surface area contributed by atoms with E-state index in [4.69, 9.17) is 16.3 Å². The molecule has 2 aromatic carbocycles. The van der Waals surface area contributed by atoms with Crippen LogP contribution in [0, 0.1) is 0 Å². The van der Waals surface area contributed by atoms with Crippen LogP contribution in [0.1, 0.15) is 10.4 Å². The van der Waals surface area contributed by atoms with Crippen molar-refractivity contribution in [3.8, 4) is 0 Å². The van der Waals surface area contributed by atoms with Crippen LogP contribution in [0.4, 0.5) is 30.4 Å². The van der Waals surface area contributed by atoms with Gasteiger partial charge in [0.25, 0.3) is 0 Å². The summed E-state index contributed by atoms with van der Waals surface area (Å²) >= 11 is 5.89. The van der Waals surface area contributed by atoms with Crippen LogP contribution < -0.4 is 10.2 Å². The lowest BCUT2D eigenvalue weighted by molar-refractivity contribution is -0.0328. The Kier molecular flexibility index (Phi) is 12.3. The van der Waals surface area contributed by atoms with Crippen molar-refractivity contribution < 1.29 is 22.7 Å². The molecule has 1 saturated heterocycles. The van der Waals surface area contributed by atoms with E-state index in [2.05, 4.69) is 20.1 Å². The van der Waals surface area contributed by atoms with Gasteiger partial charge in [-0.05, 0) is 60.3 Å². The van der Waals surface area contributed by atoms with Gasteiger partial charge in [-0.1, -0.05) is 23.7 Å². The third-order valence-electron chi connectivity index (χ3n) is 5.54. The molecule has 4 rings (SSSR count). The topological polar surface area (TPSA) is 57.7 Å². The average molecular weight is 610 g/mol. The average Bonchev–Trinajstić information content (AvgIpc) is 2.84. The number of pyridine rings is 1. The minimum Gasteiger partial charge on any atom is -0.461 e. The Labute approximate surface area is 240 Å². The molecule has 2 heterocycles. The van der Waals surface area contributed by atoms with Crippen molar-refractivity contribution in [2.45, 2.75) is 10.4 Å². The number of nitrogens with zero attached hydrogens (tertiary/aromatic N) is 3. The van der Waals surface area contributed by atoms with Crippen LogP contribution in [0.2, 0.25) is 5.02 Å². The maximum Gasteiger partial charge on any atom is 0.446 e. The van der Waals surface area contributed by atoms with Crippen LogP contribution in [-0.2, 0) is 4.74 Å². The fraction of sp³-hybridized carbons (Fsp3) is 0.280. The molecule has 1 aliphatic heterocycles. The van der Waals surface area contributed by atoms with Crippen molar-refractivity contribution in [2.75, 3.05) is 49.5 Å². The number of carbonyl (C=O) groups excluding carboxylic acids is 1. The molecule has 3 aromatic rings. The molecule has 38 heavy (non-hydrogen) atoms. The smallest absolute Gasteiger partial charge is 0.446 e. The Morgan fingerprint density at radius 2 is 1.76 bits per heavy atom. The highest BCUT2D eigenvalue weighted by molar-refractivity contribution is 8.00. The predicted octanol–water partition coefficient (Wildman–Crippen LogP) is 6.91. The normalized spacial score (nSPS) is 13.7. The molecule has 13 heteroatoms. The van der Waals surface area contributed by atoms with Crippen molar-refractivity contribution in [1.82, 2.24) is 9.88 Å². The van der Waals surface area contributed by atoms with Crippen LogP contribution in [-0.4, -0.2) is 60.7 Å². The largest absolute Gasteiger partial charge is 0.461 e. The molecule has 206 valence electrons. The van der Waals surface area contributed by atoms with Crippen LogP contribution >= 0.6 is 48.2 Å². The number of carbonyl (C=O) groups is 1. The Bertz CT molecular complexity index is 1200. The number of benzene rings is 2. The molecule has 1 aliphatic rings. The maximum absolute atomic E-state index is 12.7. The molecule has 6 nitrogen and oxygen atoms in total. The SMILES string of the molecule is Cl.Cl.O=C(OCCN1CCN(c2cccc(Cl)c2)CC1)c1cccnc1Nc1cccc(SC(F)(F)F)c1. The van der Waals surface area contributed by atoms with Crippen molar-refractivity contribution >= 4 is 71.3 Å². The predicted molar refractivity (Wildman–Crippen MR) is 151 cm³/mol. The van der Waals surface area contributed by atoms with Crippen LogP contribution in [0.5, 0.6) is 0 Å². The number of hydrogen-bond donors (Lipinski definition) is 1. The Morgan fingerprint density at radius 1 is 1.03 bits per heavy atom. The fourth-order valence-electron chi connectivity index (χ4n) is 3.83. The van der Waals surface area contributed by atoms with E-state index in [0.717, 1.165) is 31.9 Å². The van der Waals surface area contributed by atoms with E-state index in [1.54, 1.807) is 18.2 Å². The summed E-state index contributed by atoms with van der Waals surface area (Å²) in [6, 6.07) is 16.8. The van der Waals surface area contributed by atoms with Crippen LogP contribution in [0.25, 0.3) is 0 Å². The molecular weight excluding hydrogens is 584 g/mol. The minimum atomic E-state index is -4.39. The molecule has 1 fully saturated rings.